The molecule has 1 unspecified atom stereocenters. The normalized spacial score (nSPS) is 18.4. The van der Waals surface area contributed by atoms with Crippen molar-refractivity contribution >= 4 is 17.7 Å². The first-order chi connectivity index (χ1) is 14.1. The summed E-state index contributed by atoms with van der Waals surface area (Å²) in [5.74, 6) is 0.797. The number of hydrogen-bond donors (Lipinski definition) is 0. The molecule has 5 nitrogen and oxygen atoms in total. The largest absolute Gasteiger partial charge is 0.573 e. The van der Waals surface area contributed by atoms with Crippen LogP contribution in [0.5, 0.6) is 17.2 Å². The molecule has 1 aliphatic heterocycles. The number of carbonyl (C=O) groups is 1. The SMILES string of the molecule is COc1cccc(OC)c1C1SC(C)(C)C(=O)N1Cc1ccc(OC(F)(F)F)cc1. The molecule has 0 saturated carbocycles. The highest BCUT2D eigenvalue weighted by Crippen LogP contribution is 2.54. The summed E-state index contributed by atoms with van der Waals surface area (Å²) in [5, 5.41) is -0.385. The molecule has 1 aliphatic rings. The van der Waals surface area contributed by atoms with Gasteiger partial charge in [-0.3, -0.25) is 4.79 Å². The summed E-state index contributed by atoms with van der Waals surface area (Å²) >= 11 is 1.47. The van der Waals surface area contributed by atoms with Crippen molar-refractivity contribution in [1.82, 2.24) is 4.90 Å². The third-order valence-corrected chi connectivity index (χ3v) is 6.17. The number of thioether (sulfide) groups is 1. The lowest BCUT2D eigenvalue weighted by molar-refractivity contribution is -0.274. The monoisotopic (exact) mass is 441 g/mol. The van der Waals surface area contributed by atoms with E-state index in [1.54, 1.807) is 37.3 Å². The third-order valence-electron chi connectivity index (χ3n) is 4.69. The van der Waals surface area contributed by atoms with E-state index < -0.39 is 11.1 Å². The molecular weight excluding hydrogens is 419 g/mol. The average molecular weight is 441 g/mol. The molecule has 1 heterocycles. The fourth-order valence-corrected chi connectivity index (χ4v) is 4.76. The molecule has 2 aromatic rings. The van der Waals surface area contributed by atoms with Gasteiger partial charge in [0.2, 0.25) is 5.91 Å². The van der Waals surface area contributed by atoms with Crippen molar-refractivity contribution in [2.45, 2.75) is 36.9 Å². The van der Waals surface area contributed by atoms with Gasteiger partial charge in [-0.2, -0.15) is 0 Å². The fraction of sp³-hybridized carbons (Fsp3) is 0.381. The van der Waals surface area contributed by atoms with Crippen LogP contribution in [0.3, 0.4) is 0 Å². The zero-order valence-electron chi connectivity index (χ0n) is 16.9. The van der Waals surface area contributed by atoms with Gasteiger partial charge >= 0.3 is 6.36 Å². The second-order valence-corrected chi connectivity index (χ2v) is 8.88. The first-order valence-corrected chi connectivity index (χ1v) is 9.98. The van der Waals surface area contributed by atoms with Crippen LogP contribution in [0.1, 0.15) is 30.3 Å². The Morgan fingerprint density at radius 2 is 1.60 bits per heavy atom. The Hall–Kier alpha value is -2.55. The number of ether oxygens (including phenoxy) is 3. The Labute approximate surface area is 177 Å². The van der Waals surface area contributed by atoms with Crippen LogP contribution in [0.25, 0.3) is 0 Å². The number of benzene rings is 2. The van der Waals surface area contributed by atoms with Crippen LogP contribution in [0.2, 0.25) is 0 Å². The molecule has 162 valence electrons. The molecular formula is C21H22F3NO4S. The first-order valence-electron chi connectivity index (χ1n) is 9.10. The van der Waals surface area contributed by atoms with Crippen LogP contribution >= 0.6 is 11.8 Å². The van der Waals surface area contributed by atoms with E-state index >= 15 is 0 Å². The highest BCUT2D eigenvalue weighted by Gasteiger charge is 2.48. The van der Waals surface area contributed by atoms with Crippen LogP contribution in [0, 0.1) is 0 Å². The van der Waals surface area contributed by atoms with Crippen molar-refractivity contribution in [3.8, 4) is 17.2 Å². The molecule has 0 spiro atoms. The predicted octanol–water partition coefficient (Wildman–Crippen LogP) is 5.16. The maximum atomic E-state index is 13.1. The number of methoxy groups -OCH3 is 2. The second-order valence-electron chi connectivity index (χ2n) is 7.18. The molecule has 30 heavy (non-hydrogen) atoms. The predicted molar refractivity (Wildman–Crippen MR) is 108 cm³/mol. The van der Waals surface area contributed by atoms with Gasteiger partial charge in [-0.1, -0.05) is 18.2 Å². The van der Waals surface area contributed by atoms with Crippen molar-refractivity contribution in [2.24, 2.45) is 0 Å². The second kappa shape index (κ2) is 8.29. The number of carbonyl (C=O) groups excluding carboxylic acids is 1. The minimum atomic E-state index is -4.75. The Morgan fingerprint density at radius 1 is 1.03 bits per heavy atom. The van der Waals surface area contributed by atoms with Crippen LogP contribution in [-0.2, 0) is 11.3 Å². The van der Waals surface area contributed by atoms with Crippen molar-refractivity contribution in [2.75, 3.05) is 14.2 Å². The lowest BCUT2D eigenvalue weighted by atomic mass is 10.1. The van der Waals surface area contributed by atoms with Crippen molar-refractivity contribution in [1.29, 1.82) is 0 Å². The van der Waals surface area contributed by atoms with Crippen LogP contribution in [-0.4, -0.2) is 36.1 Å². The number of alkyl halides is 3. The Kier molecular flexibility index (Phi) is 6.12. The van der Waals surface area contributed by atoms with Gasteiger partial charge in [0.25, 0.3) is 0 Å². The quantitative estimate of drug-likeness (QED) is 0.620. The highest BCUT2D eigenvalue weighted by molar-refractivity contribution is 8.02. The summed E-state index contributed by atoms with van der Waals surface area (Å²) in [6.45, 7) is 3.90. The van der Waals surface area contributed by atoms with Gasteiger partial charge in [0.1, 0.15) is 22.6 Å². The van der Waals surface area contributed by atoms with Gasteiger partial charge in [0.05, 0.1) is 24.5 Å². The maximum absolute atomic E-state index is 13.1. The minimum Gasteiger partial charge on any atom is -0.496 e. The zero-order valence-corrected chi connectivity index (χ0v) is 17.8. The highest BCUT2D eigenvalue weighted by atomic mass is 32.2. The van der Waals surface area contributed by atoms with Gasteiger partial charge in [0, 0.05) is 6.54 Å². The molecule has 9 heteroatoms. The number of amides is 1. The molecule has 1 saturated heterocycles. The molecule has 1 amide bonds. The molecule has 0 aliphatic carbocycles. The van der Waals surface area contributed by atoms with Gasteiger partial charge in [0.15, 0.2) is 0 Å². The lowest BCUT2D eigenvalue weighted by Crippen LogP contribution is -2.35. The summed E-state index contributed by atoms with van der Waals surface area (Å²) in [5.41, 5.74) is 1.42. The first kappa shape index (κ1) is 22.1. The van der Waals surface area contributed by atoms with Crippen molar-refractivity contribution < 1.29 is 32.2 Å². The van der Waals surface area contributed by atoms with E-state index in [4.69, 9.17) is 9.47 Å². The van der Waals surface area contributed by atoms with Gasteiger partial charge < -0.3 is 19.1 Å². The molecule has 0 aromatic heterocycles. The van der Waals surface area contributed by atoms with Gasteiger partial charge in [-0.25, -0.2) is 0 Å². The molecule has 0 radical (unpaired) electrons. The van der Waals surface area contributed by atoms with E-state index in [1.807, 2.05) is 13.8 Å². The topological polar surface area (TPSA) is 48.0 Å². The maximum Gasteiger partial charge on any atom is 0.573 e. The lowest BCUT2D eigenvalue weighted by Gasteiger charge is -2.27. The van der Waals surface area contributed by atoms with E-state index in [1.165, 1.54) is 36.0 Å². The number of hydrogen-bond acceptors (Lipinski definition) is 5. The molecule has 1 fully saturated rings. The van der Waals surface area contributed by atoms with E-state index in [0.29, 0.717) is 17.1 Å². The summed E-state index contributed by atoms with van der Waals surface area (Å²) in [6.07, 6.45) is -4.75. The van der Waals surface area contributed by atoms with E-state index in [2.05, 4.69) is 4.74 Å². The summed E-state index contributed by atoms with van der Waals surface area (Å²) < 4.78 is 51.4. The molecule has 0 N–H and O–H groups in total. The summed E-state index contributed by atoms with van der Waals surface area (Å²) in [6, 6.07) is 10.9. The van der Waals surface area contributed by atoms with Crippen molar-refractivity contribution in [3.63, 3.8) is 0 Å². The van der Waals surface area contributed by atoms with E-state index in [9.17, 15) is 18.0 Å². The average Bonchev–Trinajstić information content (AvgIpc) is 2.90. The standard InChI is InChI=1S/C21H22F3NO4S/c1-20(2)19(26)25(12-13-8-10-14(11-9-13)29-21(22,23)24)18(30-20)17-15(27-3)6-5-7-16(17)28-4/h5-11,18H,12H2,1-4H3. The van der Waals surface area contributed by atoms with Gasteiger partial charge in [-0.05, 0) is 43.7 Å². The molecule has 3 rings (SSSR count). The van der Waals surface area contributed by atoms with Crippen LogP contribution in [0.4, 0.5) is 13.2 Å². The molecule has 2 aromatic carbocycles. The Morgan fingerprint density at radius 3 is 2.10 bits per heavy atom. The van der Waals surface area contributed by atoms with E-state index in [-0.39, 0.29) is 23.6 Å². The fourth-order valence-electron chi connectivity index (χ4n) is 3.33. The van der Waals surface area contributed by atoms with Crippen molar-refractivity contribution in [3.05, 3.63) is 53.6 Å². The Bertz CT molecular complexity index is 893. The number of halogens is 3. The van der Waals surface area contributed by atoms with Crippen LogP contribution in [0.15, 0.2) is 42.5 Å². The van der Waals surface area contributed by atoms with Gasteiger partial charge in [-0.15, -0.1) is 24.9 Å². The Balaban J connectivity index is 1.93. The molecule has 1 atom stereocenters. The van der Waals surface area contributed by atoms with Crippen LogP contribution < -0.4 is 14.2 Å². The smallest absolute Gasteiger partial charge is 0.496 e. The number of nitrogens with zero attached hydrogens (tertiary/aromatic N) is 1. The third kappa shape index (κ3) is 4.61. The molecule has 0 bridgehead atoms. The minimum absolute atomic E-state index is 0.0823. The number of rotatable bonds is 6. The summed E-state index contributed by atoms with van der Waals surface area (Å²) in [4.78, 5) is 14.8. The summed E-state index contributed by atoms with van der Waals surface area (Å²) in [7, 11) is 3.10. The zero-order chi connectivity index (χ0) is 22.1. The van der Waals surface area contributed by atoms with E-state index in [0.717, 1.165) is 5.56 Å².